The van der Waals surface area contributed by atoms with Gasteiger partial charge in [0.25, 0.3) is 0 Å². The van der Waals surface area contributed by atoms with Gasteiger partial charge >= 0.3 is 0 Å². The minimum absolute atomic E-state index is 0. The van der Waals surface area contributed by atoms with Crippen LogP contribution in [0.5, 0.6) is 0 Å². The van der Waals surface area contributed by atoms with E-state index in [9.17, 15) is 0 Å². The van der Waals surface area contributed by atoms with E-state index in [4.69, 9.17) is 0 Å². The maximum absolute atomic E-state index is 4.00. The molecule has 0 saturated heterocycles. The average Bonchev–Trinajstić information content (AvgIpc) is 2.49. The molecule has 0 aromatic heterocycles. The first-order chi connectivity index (χ1) is 9.34. The van der Waals surface area contributed by atoms with E-state index < -0.39 is 0 Å². The Morgan fingerprint density at radius 3 is 1.84 bits per heavy atom. The Hall–Kier alpha value is -2.00. The maximum atomic E-state index is 4.00. The predicted molar refractivity (Wildman–Crippen MR) is 85.1 cm³/mol. The zero-order chi connectivity index (χ0) is 13.9. The Balaban J connectivity index is 0.00000115. The van der Waals surface area contributed by atoms with Gasteiger partial charge < -0.3 is 0 Å². The fourth-order valence-corrected chi connectivity index (χ4v) is 2.18. The van der Waals surface area contributed by atoms with Crippen molar-refractivity contribution in [1.82, 2.24) is 0 Å². The molecule has 0 fully saturated rings. The molecule has 1 atom stereocenters. The summed E-state index contributed by atoms with van der Waals surface area (Å²) in [4.78, 5) is 0. The summed E-state index contributed by atoms with van der Waals surface area (Å²) in [5, 5.41) is 0. The molecule has 2 aromatic rings. The van der Waals surface area contributed by atoms with Crippen molar-refractivity contribution in [2.45, 2.75) is 26.2 Å². The van der Waals surface area contributed by atoms with Gasteiger partial charge in [0, 0.05) is 1.43 Å². The molecule has 0 aliphatic heterocycles. The Morgan fingerprint density at radius 2 is 1.32 bits per heavy atom. The number of rotatable bonds is 5. The largest absolute Gasteiger partial charge is 0.124 e. The normalized spacial score (nSPS) is 11.1. The van der Waals surface area contributed by atoms with Gasteiger partial charge in [-0.2, -0.15) is 0 Å². The third kappa shape index (κ3) is 5.93. The molecule has 0 heteroatoms. The van der Waals surface area contributed by atoms with Crippen LogP contribution >= 0.6 is 0 Å². The second-order valence-corrected chi connectivity index (χ2v) is 4.82. The van der Waals surface area contributed by atoms with E-state index in [0.29, 0.717) is 0 Å². The van der Waals surface area contributed by atoms with Gasteiger partial charge in [0.15, 0.2) is 0 Å². The summed E-state index contributed by atoms with van der Waals surface area (Å²) in [5.41, 5.74) is 2.90. The Morgan fingerprint density at radius 1 is 0.842 bits per heavy atom. The van der Waals surface area contributed by atoms with Gasteiger partial charge in [-0.3, -0.25) is 0 Å². The van der Waals surface area contributed by atoms with Crippen LogP contribution in [0, 0.1) is 18.8 Å². The third-order valence-corrected chi connectivity index (χ3v) is 3.20. The molecule has 0 saturated carbocycles. The fraction of sp³-hybridized carbons (Fsp3) is 0.263. The lowest BCUT2D eigenvalue weighted by Gasteiger charge is -2.11. The second kappa shape index (κ2) is 9.00. The van der Waals surface area contributed by atoms with Crippen molar-refractivity contribution in [1.29, 1.82) is 0 Å². The molecule has 19 heavy (non-hydrogen) atoms. The highest BCUT2D eigenvalue weighted by molar-refractivity contribution is 5.16. The van der Waals surface area contributed by atoms with Crippen molar-refractivity contribution >= 4 is 0 Å². The lowest BCUT2D eigenvalue weighted by molar-refractivity contribution is 0.530. The standard InChI is InChI=1S/C17H20.C2H2.H/c1-15(14-17-10-6-3-7-11-17)12-13-16-8-4-2-5-9-16;1-2;/h2-11,15H,12-14H2,1H3;1-2H;. The molecule has 0 heterocycles. The molecule has 0 amide bonds. The zero-order valence-electron chi connectivity index (χ0n) is 12.6. The van der Waals surface area contributed by atoms with Crippen molar-refractivity contribution in [2.24, 2.45) is 5.92 Å². The van der Waals surface area contributed by atoms with Crippen molar-refractivity contribution in [3.8, 4) is 12.8 Å². The number of aryl methyl sites for hydroxylation is 1. The minimum atomic E-state index is 0. The molecule has 1 unspecified atom stereocenters. The second-order valence-electron chi connectivity index (χ2n) is 4.82. The maximum Gasteiger partial charge on any atom is 0 e. The summed E-state index contributed by atoms with van der Waals surface area (Å²) in [6.07, 6.45) is 11.6. The lowest BCUT2D eigenvalue weighted by atomic mass is 9.95. The van der Waals surface area contributed by atoms with Crippen LogP contribution in [-0.2, 0) is 12.8 Å². The highest BCUT2D eigenvalue weighted by atomic mass is 14.1. The molecular weight excluding hydrogens is 228 g/mol. The molecule has 0 bridgehead atoms. The first-order valence-electron chi connectivity index (χ1n) is 6.76. The van der Waals surface area contributed by atoms with Gasteiger partial charge in [0.1, 0.15) is 0 Å². The quantitative estimate of drug-likeness (QED) is 0.666. The van der Waals surface area contributed by atoms with E-state index in [2.05, 4.69) is 80.4 Å². The summed E-state index contributed by atoms with van der Waals surface area (Å²) in [5.74, 6) is 0.748. The molecule has 1 radical (unpaired) electrons. The summed E-state index contributed by atoms with van der Waals surface area (Å²) in [7, 11) is 0. The third-order valence-electron chi connectivity index (χ3n) is 3.20. The van der Waals surface area contributed by atoms with Crippen LogP contribution in [0.25, 0.3) is 0 Å². The van der Waals surface area contributed by atoms with Crippen molar-refractivity contribution in [3.63, 3.8) is 0 Å². The monoisotopic (exact) mass is 251 g/mol. The minimum Gasteiger partial charge on any atom is -0.124 e. The average molecular weight is 251 g/mol. The number of benzene rings is 2. The van der Waals surface area contributed by atoms with Crippen LogP contribution < -0.4 is 0 Å². The molecule has 0 aliphatic carbocycles. The van der Waals surface area contributed by atoms with Crippen LogP contribution in [0.4, 0.5) is 0 Å². The van der Waals surface area contributed by atoms with E-state index in [1.165, 1.54) is 30.4 Å². The molecule has 2 rings (SSSR count). The Labute approximate surface area is 119 Å². The van der Waals surface area contributed by atoms with Crippen molar-refractivity contribution in [3.05, 3.63) is 71.8 Å². The van der Waals surface area contributed by atoms with Gasteiger partial charge in [-0.1, -0.05) is 67.6 Å². The van der Waals surface area contributed by atoms with Gasteiger partial charge in [-0.05, 0) is 36.3 Å². The number of terminal acetylenes is 1. The smallest absolute Gasteiger partial charge is 0 e. The van der Waals surface area contributed by atoms with Crippen LogP contribution in [-0.4, -0.2) is 0 Å². The van der Waals surface area contributed by atoms with Crippen molar-refractivity contribution < 1.29 is 1.43 Å². The molecule has 0 spiro atoms. The summed E-state index contributed by atoms with van der Waals surface area (Å²) < 4.78 is 0. The first kappa shape index (κ1) is 15.1. The van der Waals surface area contributed by atoms with E-state index in [1.807, 2.05) is 0 Å². The zero-order valence-corrected chi connectivity index (χ0v) is 11.6. The molecule has 0 N–H and O–H groups in total. The Kier molecular flexibility index (Phi) is 7.13. The van der Waals surface area contributed by atoms with E-state index >= 15 is 0 Å². The summed E-state index contributed by atoms with van der Waals surface area (Å²) in [6, 6.07) is 21.5. The van der Waals surface area contributed by atoms with Gasteiger partial charge in [0.2, 0.25) is 0 Å². The highest BCUT2D eigenvalue weighted by Crippen LogP contribution is 2.14. The van der Waals surface area contributed by atoms with Gasteiger partial charge in [-0.25, -0.2) is 0 Å². The van der Waals surface area contributed by atoms with Crippen LogP contribution in [0.3, 0.4) is 0 Å². The van der Waals surface area contributed by atoms with Gasteiger partial charge in [-0.15, -0.1) is 12.8 Å². The van der Waals surface area contributed by atoms with Crippen LogP contribution in [0.15, 0.2) is 60.7 Å². The van der Waals surface area contributed by atoms with E-state index in [0.717, 1.165) is 5.92 Å². The van der Waals surface area contributed by atoms with Crippen LogP contribution in [0.1, 0.15) is 25.9 Å². The molecule has 2 aromatic carbocycles. The fourth-order valence-electron chi connectivity index (χ4n) is 2.18. The Bertz CT molecular complexity index is 459. The topological polar surface area (TPSA) is 0 Å². The van der Waals surface area contributed by atoms with Crippen molar-refractivity contribution in [2.75, 3.05) is 0 Å². The lowest BCUT2D eigenvalue weighted by Crippen LogP contribution is -2.01. The summed E-state index contributed by atoms with van der Waals surface area (Å²) >= 11 is 0. The summed E-state index contributed by atoms with van der Waals surface area (Å²) in [6.45, 7) is 2.34. The number of hydrogen-bond donors (Lipinski definition) is 0. The van der Waals surface area contributed by atoms with E-state index in [-0.39, 0.29) is 1.43 Å². The molecular formula is C19H23. The molecule has 0 nitrogen and oxygen atoms in total. The predicted octanol–water partition coefficient (Wildman–Crippen LogP) is 4.86. The van der Waals surface area contributed by atoms with Gasteiger partial charge in [0.05, 0.1) is 0 Å². The molecule has 0 aliphatic rings. The number of hydrogen-bond acceptors (Lipinski definition) is 0. The van der Waals surface area contributed by atoms with E-state index in [1.54, 1.807) is 0 Å². The highest BCUT2D eigenvalue weighted by Gasteiger charge is 2.03. The molecule has 99 valence electrons. The first-order valence-corrected chi connectivity index (χ1v) is 6.76. The SMILES string of the molecule is C#C.CC(CCc1ccccc1)Cc1ccccc1.[H]. The van der Waals surface area contributed by atoms with Crippen LogP contribution in [0.2, 0.25) is 0 Å².